The fourth-order valence-corrected chi connectivity index (χ4v) is 2.07. The minimum absolute atomic E-state index is 0.374. The Morgan fingerprint density at radius 1 is 1.10 bits per heavy atom. The molecule has 3 aromatic rings. The fraction of sp³-hybridized carbons (Fsp3) is 0.125. The van der Waals surface area contributed by atoms with Crippen LogP contribution in [0.3, 0.4) is 0 Å². The van der Waals surface area contributed by atoms with E-state index in [9.17, 15) is 4.79 Å². The third kappa shape index (κ3) is 2.16. The molecule has 0 amide bonds. The molecule has 20 heavy (non-hydrogen) atoms. The summed E-state index contributed by atoms with van der Waals surface area (Å²) < 4.78 is 10.5. The van der Waals surface area contributed by atoms with Gasteiger partial charge in [-0.25, -0.2) is 4.79 Å². The van der Waals surface area contributed by atoms with E-state index in [4.69, 9.17) is 9.15 Å². The topological polar surface area (TPSA) is 52.3 Å². The summed E-state index contributed by atoms with van der Waals surface area (Å²) in [6, 6.07) is 12.7. The summed E-state index contributed by atoms with van der Waals surface area (Å²) in [5.74, 6) is 1.26. The third-order valence-electron chi connectivity index (χ3n) is 3.13. The normalized spacial score (nSPS) is 10.7. The van der Waals surface area contributed by atoms with Gasteiger partial charge in [0.2, 0.25) is 0 Å². The number of aromatic nitrogens is 1. The van der Waals surface area contributed by atoms with Crippen molar-refractivity contribution in [1.82, 2.24) is 4.98 Å². The van der Waals surface area contributed by atoms with Crippen molar-refractivity contribution in [3.8, 4) is 17.1 Å². The Morgan fingerprint density at radius 3 is 2.55 bits per heavy atom. The zero-order valence-electron chi connectivity index (χ0n) is 11.2. The molecule has 0 N–H and O–H groups in total. The minimum Gasteiger partial charge on any atom is -0.497 e. The Kier molecular flexibility index (Phi) is 2.99. The number of nitrogens with zero attached hydrogens (tertiary/aromatic N) is 1. The molecule has 0 aliphatic carbocycles. The molecule has 0 aliphatic rings. The predicted octanol–water partition coefficient (Wildman–Crippen LogP) is 3.17. The summed E-state index contributed by atoms with van der Waals surface area (Å²) in [7, 11) is 1.61. The molecule has 0 aliphatic heterocycles. The van der Waals surface area contributed by atoms with Gasteiger partial charge in [0.1, 0.15) is 11.5 Å². The first-order chi connectivity index (χ1) is 9.67. The van der Waals surface area contributed by atoms with Gasteiger partial charge in [-0.05, 0) is 43.3 Å². The van der Waals surface area contributed by atoms with Crippen LogP contribution in [0.2, 0.25) is 0 Å². The van der Waals surface area contributed by atoms with E-state index in [2.05, 4.69) is 4.98 Å². The molecule has 4 heteroatoms. The number of aryl methyl sites for hydroxylation is 1. The second-order valence-electron chi connectivity index (χ2n) is 4.51. The molecule has 0 atom stereocenters. The van der Waals surface area contributed by atoms with Gasteiger partial charge < -0.3 is 9.15 Å². The van der Waals surface area contributed by atoms with Crippen molar-refractivity contribution in [3.63, 3.8) is 0 Å². The van der Waals surface area contributed by atoms with E-state index < -0.39 is 0 Å². The second-order valence-corrected chi connectivity index (χ2v) is 4.51. The van der Waals surface area contributed by atoms with Crippen LogP contribution in [0, 0.1) is 6.92 Å². The van der Waals surface area contributed by atoms with E-state index >= 15 is 0 Å². The van der Waals surface area contributed by atoms with Gasteiger partial charge in [-0.2, -0.15) is 0 Å². The number of ether oxygens (including phenoxy) is 1. The Balaban J connectivity index is 2.18. The summed E-state index contributed by atoms with van der Waals surface area (Å²) >= 11 is 0. The summed E-state index contributed by atoms with van der Waals surface area (Å²) in [6.07, 6.45) is 0. The maximum absolute atomic E-state index is 12.0. The molecule has 0 fully saturated rings. The number of fused-ring (bicyclic) bond motifs is 1. The van der Waals surface area contributed by atoms with Crippen LogP contribution in [0.15, 0.2) is 51.7 Å². The van der Waals surface area contributed by atoms with E-state index in [0.717, 1.165) is 17.0 Å². The maximum atomic E-state index is 12.0. The zero-order chi connectivity index (χ0) is 14.1. The van der Waals surface area contributed by atoms with Crippen LogP contribution in [0.25, 0.3) is 22.2 Å². The van der Waals surface area contributed by atoms with Crippen molar-refractivity contribution < 1.29 is 9.15 Å². The minimum atomic E-state index is -0.374. The van der Waals surface area contributed by atoms with Crippen molar-refractivity contribution in [2.45, 2.75) is 6.92 Å². The van der Waals surface area contributed by atoms with Gasteiger partial charge in [0, 0.05) is 17.3 Å². The lowest BCUT2D eigenvalue weighted by molar-refractivity contribution is 0.415. The first kappa shape index (κ1) is 12.4. The van der Waals surface area contributed by atoms with E-state index in [0.29, 0.717) is 16.7 Å². The van der Waals surface area contributed by atoms with E-state index in [1.54, 1.807) is 25.3 Å². The Bertz CT molecular complexity index is 819. The molecule has 2 aromatic heterocycles. The van der Waals surface area contributed by atoms with Gasteiger partial charge in [-0.3, -0.25) is 4.98 Å². The summed E-state index contributed by atoms with van der Waals surface area (Å²) in [5, 5.41) is 0.493. The second kappa shape index (κ2) is 4.81. The highest BCUT2D eigenvalue weighted by atomic mass is 16.5. The first-order valence-corrected chi connectivity index (χ1v) is 6.23. The Hall–Kier alpha value is -2.62. The SMILES string of the molecule is COc1ccc(-c2cc3nc(C)ccc3c(=O)o2)cc1. The number of hydrogen-bond donors (Lipinski definition) is 0. The van der Waals surface area contributed by atoms with Crippen LogP contribution in [0.5, 0.6) is 5.75 Å². The number of methoxy groups -OCH3 is 1. The lowest BCUT2D eigenvalue weighted by Crippen LogP contribution is -2.01. The van der Waals surface area contributed by atoms with Crippen molar-refractivity contribution in [3.05, 3.63) is 58.6 Å². The lowest BCUT2D eigenvalue weighted by atomic mass is 10.1. The van der Waals surface area contributed by atoms with Gasteiger partial charge in [-0.15, -0.1) is 0 Å². The van der Waals surface area contributed by atoms with Crippen LogP contribution in [-0.2, 0) is 0 Å². The molecule has 0 spiro atoms. The molecule has 2 heterocycles. The average molecular weight is 267 g/mol. The monoisotopic (exact) mass is 267 g/mol. The van der Waals surface area contributed by atoms with Crippen LogP contribution in [0.1, 0.15) is 5.69 Å². The van der Waals surface area contributed by atoms with Gasteiger partial charge in [0.15, 0.2) is 0 Å². The summed E-state index contributed by atoms with van der Waals surface area (Å²) in [5.41, 5.74) is 1.95. The molecule has 1 aromatic carbocycles. The molecule has 0 unspecified atom stereocenters. The summed E-state index contributed by atoms with van der Waals surface area (Å²) in [4.78, 5) is 16.3. The molecular formula is C16H13NO3. The van der Waals surface area contributed by atoms with Crippen LogP contribution in [-0.4, -0.2) is 12.1 Å². The van der Waals surface area contributed by atoms with Crippen molar-refractivity contribution >= 4 is 10.9 Å². The van der Waals surface area contributed by atoms with Gasteiger partial charge in [0.25, 0.3) is 0 Å². The molecule has 0 radical (unpaired) electrons. The third-order valence-corrected chi connectivity index (χ3v) is 3.13. The molecule has 100 valence electrons. The molecular weight excluding hydrogens is 254 g/mol. The Labute approximate surface area is 115 Å². The van der Waals surface area contributed by atoms with E-state index in [1.165, 1.54) is 0 Å². The Morgan fingerprint density at radius 2 is 1.85 bits per heavy atom. The van der Waals surface area contributed by atoms with E-state index in [1.807, 2.05) is 31.2 Å². The van der Waals surface area contributed by atoms with Crippen molar-refractivity contribution in [2.24, 2.45) is 0 Å². The highest BCUT2D eigenvalue weighted by Crippen LogP contribution is 2.23. The molecule has 4 nitrogen and oxygen atoms in total. The van der Waals surface area contributed by atoms with Crippen LogP contribution < -0.4 is 10.4 Å². The number of rotatable bonds is 2. The summed E-state index contributed by atoms with van der Waals surface area (Å²) in [6.45, 7) is 1.89. The highest BCUT2D eigenvalue weighted by Gasteiger charge is 2.08. The molecule has 0 bridgehead atoms. The number of benzene rings is 1. The zero-order valence-corrected chi connectivity index (χ0v) is 11.2. The largest absolute Gasteiger partial charge is 0.497 e. The van der Waals surface area contributed by atoms with Gasteiger partial charge in [0.05, 0.1) is 18.0 Å². The van der Waals surface area contributed by atoms with Crippen LogP contribution >= 0.6 is 0 Å². The number of pyridine rings is 1. The molecule has 0 saturated heterocycles. The molecule has 3 rings (SSSR count). The highest BCUT2D eigenvalue weighted by molar-refractivity contribution is 5.80. The van der Waals surface area contributed by atoms with Crippen LogP contribution in [0.4, 0.5) is 0 Å². The van der Waals surface area contributed by atoms with Gasteiger partial charge in [-0.1, -0.05) is 0 Å². The predicted molar refractivity (Wildman–Crippen MR) is 77.0 cm³/mol. The standard InChI is InChI=1S/C16H13NO3/c1-10-3-8-13-14(17-10)9-15(20-16(13)18)11-4-6-12(19-2)7-5-11/h3-9H,1-2H3. The maximum Gasteiger partial charge on any atom is 0.345 e. The van der Waals surface area contributed by atoms with Crippen molar-refractivity contribution in [1.29, 1.82) is 0 Å². The fourth-order valence-electron chi connectivity index (χ4n) is 2.07. The average Bonchev–Trinajstić information content (AvgIpc) is 2.46. The smallest absolute Gasteiger partial charge is 0.345 e. The molecule has 0 saturated carbocycles. The van der Waals surface area contributed by atoms with Crippen molar-refractivity contribution in [2.75, 3.05) is 7.11 Å². The quantitative estimate of drug-likeness (QED) is 0.715. The first-order valence-electron chi connectivity index (χ1n) is 6.23. The van der Waals surface area contributed by atoms with E-state index in [-0.39, 0.29) is 5.63 Å². The number of hydrogen-bond acceptors (Lipinski definition) is 4. The lowest BCUT2D eigenvalue weighted by Gasteiger charge is -2.04. The van der Waals surface area contributed by atoms with Gasteiger partial charge >= 0.3 is 5.63 Å².